The van der Waals surface area contributed by atoms with Crippen molar-refractivity contribution in [3.63, 3.8) is 0 Å². The summed E-state index contributed by atoms with van der Waals surface area (Å²) >= 11 is 1.68. The molecule has 0 saturated carbocycles. The third-order valence-electron chi connectivity index (χ3n) is 4.32. The summed E-state index contributed by atoms with van der Waals surface area (Å²) < 4.78 is 6.24. The van der Waals surface area contributed by atoms with Crippen LogP contribution in [0.25, 0.3) is 33.8 Å². The highest BCUT2D eigenvalue weighted by Crippen LogP contribution is 2.33. The van der Waals surface area contributed by atoms with Crippen molar-refractivity contribution in [3.05, 3.63) is 88.6 Å². The molecule has 0 aliphatic carbocycles. The minimum atomic E-state index is 0.888. The Labute approximate surface area is 152 Å². The first kappa shape index (κ1) is 15.8. The van der Waals surface area contributed by atoms with Crippen molar-refractivity contribution in [1.29, 1.82) is 0 Å². The summed E-state index contributed by atoms with van der Waals surface area (Å²) in [6, 6.07) is 23.5. The predicted molar refractivity (Wildman–Crippen MR) is 107 cm³/mol. The first-order chi connectivity index (χ1) is 12.2. The number of benzene rings is 2. The van der Waals surface area contributed by atoms with Gasteiger partial charge in [-0.25, -0.2) is 4.42 Å². The van der Waals surface area contributed by atoms with Crippen molar-refractivity contribution in [3.8, 4) is 33.8 Å². The Morgan fingerprint density at radius 1 is 0.600 bits per heavy atom. The fourth-order valence-corrected chi connectivity index (χ4v) is 3.47. The molecular weight excluding hydrogens is 324 g/mol. The quantitative estimate of drug-likeness (QED) is 0.357. The zero-order chi connectivity index (χ0) is 17.2. The molecule has 0 N–H and O–H groups in total. The molecule has 0 spiro atoms. The smallest absolute Gasteiger partial charge is 0.207 e. The second kappa shape index (κ2) is 6.66. The highest BCUT2D eigenvalue weighted by Gasteiger charge is 2.20. The summed E-state index contributed by atoms with van der Waals surface area (Å²) in [7, 11) is 0. The zero-order valence-corrected chi connectivity index (χ0v) is 15.1. The molecule has 4 aromatic rings. The molecule has 2 aromatic heterocycles. The minimum absolute atomic E-state index is 0.888. The first-order valence-corrected chi connectivity index (χ1v) is 9.28. The Kier molecular flexibility index (Phi) is 4.21. The number of hydrogen-bond acceptors (Lipinski definition) is 1. The summed E-state index contributed by atoms with van der Waals surface area (Å²) in [6.07, 6.45) is 0. The molecule has 0 saturated heterocycles. The molecule has 0 unspecified atom stereocenters. The second-order valence-electron chi connectivity index (χ2n) is 6.32. The lowest BCUT2D eigenvalue weighted by atomic mass is 10.0. The van der Waals surface area contributed by atoms with Gasteiger partial charge in [-0.3, -0.25) is 0 Å². The molecule has 4 rings (SSSR count). The molecular formula is C23H19OS+. The van der Waals surface area contributed by atoms with Gasteiger partial charge in [0.05, 0.1) is 23.3 Å². The van der Waals surface area contributed by atoms with Crippen LogP contribution >= 0.6 is 11.3 Å². The molecule has 25 heavy (non-hydrogen) atoms. The van der Waals surface area contributed by atoms with Gasteiger partial charge in [0.1, 0.15) is 0 Å². The Morgan fingerprint density at radius 2 is 1.16 bits per heavy atom. The van der Waals surface area contributed by atoms with Crippen LogP contribution in [0.2, 0.25) is 0 Å². The minimum Gasteiger partial charge on any atom is -0.207 e. The van der Waals surface area contributed by atoms with Crippen LogP contribution < -0.4 is 0 Å². The topological polar surface area (TPSA) is 11.3 Å². The van der Waals surface area contributed by atoms with Crippen molar-refractivity contribution in [2.45, 2.75) is 13.8 Å². The van der Waals surface area contributed by atoms with E-state index in [2.05, 4.69) is 91.3 Å². The van der Waals surface area contributed by atoms with E-state index in [0.29, 0.717) is 0 Å². The van der Waals surface area contributed by atoms with Gasteiger partial charge >= 0.3 is 11.5 Å². The molecule has 122 valence electrons. The van der Waals surface area contributed by atoms with Crippen LogP contribution in [0, 0.1) is 13.8 Å². The van der Waals surface area contributed by atoms with Crippen LogP contribution in [0.3, 0.4) is 0 Å². The molecule has 0 radical (unpaired) electrons. The summed E-state index contributed by atoms with van der Waals surface area (Å²) in [6.45, 7) is 4.21. The van der Waals surface area contributed by atoms with E-state index in [1.165, 1.54) is 22.3 Å². The number of hydrogen-bond donors (Lipinski definition) is 0. The fraction of sp³-hybridized carbons (Fsp3) is 0.0870. The van der Waals surface area contributed by atoms with Gasteiger partial charge in [-0.15, -0.1) is 0 Å². The Balaban J connectivity index is 1.88. The van der Waals surface area contributed by atoms with E-state index in [-0.39, 0.29) is 0 Å². The average Bonchev–Trinajstić information content (AvgIpc) is 3.17. The van der Waals surface area contributed by atoms with Crippen LogP contribution in [-0.2, 0) is 0 Å². The Morgan fingerprint density at radius 3 is 1.72 bits per heavy atom. The van der Waals surface area contributed by atoms with Gasteiger partial charge in [0.2, 0.25) is 0 Å². The Hall–Kier alpha value is -2.71. The predicted octanol–water partition coefficient (Wildman–Crippen LogP) is 7.24. The maximum Gasteiger partial charge on any atom is 0.362 e. The van der Waals surface area contributed by atoms with Crippen LogP contribution in [0.5, 0.6) is 0 Å². The van der Waals surface area contributed by atoms with E-state index >= 15 is 0 Å². The summed E-state index contributed by atoms with van der Waals surface area (Å²) in [5.74, 6) is 1.79. The standard InChI is InChI=1S/C23H19OS/c1-16-3-7-18(8-4-16)21-13-22(19-9-5-17(2)6-10-19)24-23(14-21)20-11-12-25-15-20/h3-15H,1-2H3/q+1. The molecule has 0 aliphatic heterocycles. The monoisotopic (exact) mass is 343 g/mol. The van der Waals surface area contributed by atoms with Gasteiger partial charge in [0.25, 0.3) is 0 Å². The van der Waals surface area contributed by atoms with Gasteiger partial charge in [-0.2, -0.15) is 11.3 Å². The van der Waals surface area contributed by atoms with Crippen LogP contribution in [0.1, 0.15) is 11.1 Å². The summed E-state index contributed by atoms with van der Waals surface area (Å²) in [5.41, 5.74) is 7.09. The average molecular weight is 343 g/mol. The van der Waals surface area contributed by atoms with Crippen molar-refractivity contribution in [1.82, 2.24) is 0 Å². The van der Waals surface area contributed by atoms with Crippen molar-refractivity contribution < 1.29 is 4.42 Å². The van der Waals surface area contributed by atoms with E-state index in [1.54, 1.807) is 11.3 Å². The largest absolute Gasteiger partial charge is 0.362 e. The molecule has 0 atom stereocenters. The molecule has 2 heterocycles. The third kappa shape index (κ3) is 3.40. The number of aryl methyl sites for hydroxylation is 2. The molecule has 0 amide bonds. The Bertz CT molecular complexity index is 918. The van der Waals surface area contributed by atoms with Gasteiger partial charge in [0.15, 0.2) is 0 Å². The lowest BCUT2D eigenvalue weighted by Gasteiger charge is -2.02. The molecule has 0 bridgehead atoms. The molecule has 2 heteroatoms. The number of rotatable bonds is 3. The molecule has 1 nitrogen and oxygen atoms in total. The normalized spacial score (nSPS) is 10.8. The highest BCUT2D eigenvalue weighted by molar-refractivity contribution is 7.08. The van der Waals surface area contributed by atoms with Crippen LogP contribution in [0.15, 0.2) is 81.9 Å². The van der Waals surface area contributed by atoms with Crippen molar-refractivity contribution in [2.24, 2.45) is 0 Å². The number of thiophene rings is 1. The zero-order valence-electron chi connectivity index (χ0n) is 14.3. The van der Waals surface area contributed by atoms with Crippen LogP contribution in [0.4, 0.5) is 0 Å². The van der Waals surface area contributed by atoms with E-state index in [4.69, 9.17) is 4.42 Å². The van der Waals surface area contributed by atoms with E-state index in [9.17, 15) is 0 Å². The van der Waals surface area contributed by atoms with Gasteiger partial charge < -0.3 is 0 Å². The van der Waals surface area contributed by atoms with Gasteiger partial charge in [-0.1, -0.05) is 47.5 Å². The van der Waals surface area contributed by atoms with Crippen molar-refractivity contribution in [2.75, 3.05) is 0 Å². The highest BCUT2D eigenvalue weighted by atomic mass is 32.1. The van der Waals surface area contributed by atoms with Crippen LogP contribution in [-0.4, -0.2) is 0 Å². The molecule has 2 aromatic carbocycles. The van der Waals surface area contributed by atoms with Gasteiger partial charge in [0, 0.05) is 10.9 Å². The van der Waals surface area contributed by atoms with E-state index < -0.39 is 0 Å². The maximum absolute atomic E-state index is 6.24. The van der Waals surface area contributed by atoms with Crippen molar-refractivity contribution >= 4 is 11.3 Å². The molecule has 0 fully saturated rings. The lowest BCUT2D eigenvalue weighted by Crippen LogP contribution is -1.86. The summed E-state index contributed by atoms with van der Waals surface area (Å²) in [4.78, 5) is 0. The molecule has 0 aliphatic rings. The fourth-order valence-electron chi connectivity index (χ4n) is 2.82. The first-order valence-electron chi connectivity index (χ1n) is 8.34. The maximum atomic E-state index is 6.24. The van der Waals surface area contributed by atoms with Gasteiger partial charge in [-0.05, 0) is 43.0 Å². The van der Waals surface area contributed by atoms with E-state index in [0.717, 1.165) is 22.6 Å². The third-order valence-corrected chi connectivity index (χ3v) is 5.00. The second-order valence-corrected chi connectivity index (χ2v) is 7.10. The lowest BCUT2D eigenvalue weighted by molar-refractivity contribution is 0.583. The SMILES string of the molecule is Cc1ccc(-c2cc(-c3ccc(C)cc3)[o+]c(-c3ccsc3)c2)cc1. The summed E-state index contributed by atoms with van der Waals surface area (Å²) in [5, 5.41) is 4.20. The van der Waals surface area contributed by atoms with E-state index in [1.807, 2.05) is 0 Å².